The number of rotatable bonds is 5. The number of thiophene rings is 1. The molecule has 1 N–H and O–H groups in total. The van der Waals surface area contributed by atoms with E-state index in [1.165, 1.54) is 17.0 Å². The van der Waals surface area contributed by atoms with E-state index in [2.05, 4.69) is 38.2 Å². The van der Waals surface area contributed by atoms with Gasteiger partial charge >= 0.3 is 0 Å². The van der Waals surface area contributed by atoms with Crippen LogP contribution in [0.25, 0.3) is 10.4 Å². The molecule has 0 aliphatic rings. The van der Waals surface area contributed by atoms with Gasteiger partial charge in [0, 0.05) is 21.4 Å². The van der Waals surface area contributed by atoms with E-state index < -0.39 is 0 Å². The highest BCUT2D eigenvalue weighted by molar-refractivity contribution is 7.15. The van der Waals surface area contributed by atoms with Crippen molar-refractivity contribution in [1.29, 1.82) is 0 Å². The predicted molar refractivity (Wildman–Crippen MR) is 86.0 cm³/mol. The van der Waals surface area contributed by atoms with Crippen molar-refractivity contribution in [2.45, 2.75) is 26.8 Å². The smallest absolute Gasteiger partial charge is 0.124 e. The van der Waals surface area contributed by atoms with Gasteiger partial charge in [-0.2, -0.15) is 0 Å². The van der Waals surface area contributed by atoms with E-state index in [0.29, 0.717) is 17.0 Å². The zero-order valence-electron chi connectivity index (χ0n) is 11.9. The summed E-state index contributed by atoms with van der Waals surface area (Å²) >= 11 is 7.84. The van der Waals surface area contributed by atoms with E-state index in [1.54, 1.807) is 17.4 Å². The van der Waals surface area contributed by atoms with Crippen LogP contribution in [0, 0.1) is 11.7 Å². The lowest BCUT2D eigenvalue weighted by atomic mass is 10.0. The summed E-state index contributed by atoms with van der Waals surface area (Å²) in [5, 5.41) is 3.97. The highest BCUT2D eigenvalue weighted by atomic mass is 35.5. The molecule has 0 fully saturated rings. The Bertz CT molecular complexity index is 580. The molecule has 0 saturated heterocycles. The molecule has 0 saturated carbocycles. The molecule has 0 spiro atoms. The van der Waals surface area contributed by atoms with Crippen LogP contribution in [0.5, 0.6) is 0 Å². The second-order valence-corrected chi connectivity index (χ2v) is 6.63. The molecule has 0 aliphatic carbocycles. The monoisotopic (exact) mass is 311 g/mol. The van der Waals surface area contributed by atoms with Gasteiger partial charge in [-0.3, -0.25) is 0 Å². The fourth-order valence-electron chi connectivity index (χ4n) is 2.24. The van der Waals surface area contributed by atoms with Gasteiger partial charge in [0.25, 0.3) is 0 Å². The van der Waals surface area contributed by atoms with E-state index in [1.807, 2.05) is 0 Å². The molecule has 0 bridgehead atoms. The molecule has 1 aromatic carbocycles. The fourth-order valence-corrected chi connectivity index (χ4v) is 3.86. The molecule has 108 valence electrons. The van der Waals surface area contributed by atoms with Crippen molar-refractivity contribution in [3.05, 3.63) is 46.0 Å². The summed E-state index contributed by atoms with van der Waals surface area (Å²) in [5.74, 6) is 0.216. The van der Waals surface area contributed by atoms with Gasteiger partial charge in [-0.25, -0.2) is 4.39 Å². The molecular weight excluding hydrogens is 293 g/mol. The summed E-state index contributed by atoms with van der Waals surface area (Å²) in [5.41, 5.74) is 0.892. The number of hydrogen-bond donors (Lipinski definition) is 1. The van der Waals surface area contributed by atoms with Crippen LogP contribution in [0.15, 0.2) is 30.3 Å². The predicted octanol–water partition coefficient (Wildman–Crippen LogP) is 5.51. The standard InChI is InChI=1S/C16H19ClFNS/c1-4-19-16(10(2)3)15-8-7-14(20-15)12-6-5-11(18)9-13(12)17/h5-10,16,19H,4H2,1-3H3. The SMILES string of the molecule is CCNC(c1ccc(-c2ccc(F)cc2Cl)s1)C(C)C. The minimum absolute atomic E-state index is 0.303. The lowest BCUT2D eigenvalue weighted by Gasteiger charge is -2.20. The molecule has 4 heteroatoms. The van der Waals surface area contributed by atoms with E-state index in [-0.39, 0.29) is 5.82 Å². The molecule has 0 radical (unpaired) electrons. The Labute approximate surface area is 128 Å². The van der Waals surface area contributed by atoms with Crippen molar-refractivity contribution in [2.24, 2.45) is 5.92 Å². The minimum Gasteiger partial charge on any atom is -0.309 e. The lowest BCUT2D eigenvalue weighted by molar-refractivity contribution is 0.428. The van der Waals surface area contributed by atoms with Crippen molar-refractivity contribution < 1.29 is 4.39 Å². The maximum absolute atomic E-state index is 13.1. The third-order valence-corrected chi connectivity index (χ3v) is 4.73. The topological polar surface area (TPSA) is 12.0 Å². The normalized spacial score (nSPS) is 12.9. The van der Waals surface area contributed by atoms with Crippen LogP contribution in [0.3, 0.4) is 0 Å². The largest absolute Gasteiger partial charge is 0.309 e. The number of nitrogens with one attached hydrogen (secondary N) is 1. The van der Waals surface area contributed by atoms with Gasteiger partial charge < -0.3 is 5.32 Å². The minimum atomic E-state index is -0.303. The third kappa shape index (κ3) is 3.40. The van der Waals surface area contributed by atoms with Crippen LogP contribution in [0.1, 0.15) is 31.7 Å². The summed E-state index contributed by atoms with van der Waals surface area (Å²) in [6, 6.07) is 9.09. The van der Waals surface area contributed by atoms with Gasteiger partial charge in [0.15, 0.2) is 0 Å². The molecule has 2 aromatic rings. The molecule has 1 nitrogen and oxygen atoms in total. The van der Waals surface area contributed by atoms with Crippen LogP contribution in [0.2, 0.25) is 5.02 Å². The van der Waals surface area contributed by atoms with E-state index >= 15 is 0 Å². The Hall–Kier alpha value is -0.900. The van der Waals surface area contributed by atoms with E-state index in [0.717, 1.165) is 17.0 Å². The highest BCUT2D eigenvalue weighted by Crippen LogP contribution is 2.37. The Balaban J connectivity index is 2.32. The summed E-state index contributed by atoms with van der Waals surface area (Å²) < 4.78 is 13.1. The molecule has 0 amide bonds. The zero-order chi connectivity index (χ0) is 14.7. The molecular formula is C16H19ClFNS. The molecule has 0 aliphatic heterocycles. The Kier molecular flexibility index (Phi) is 5.19. The fraction of sp³-hybridized carbons (Fsp3) is 0.375. The first-order chi connectivity index (χ1) is 9.52. The van der Waals surface area contributed by atoms with Gasteiger partial charge in [0.1, 0.15) is 5.82 Å². The van der Waals surface area contributed by atoms with Crippen LogP contribution in [0.4, 0.5) is 4.39 Å². The van der Waals surface area contributed by atoms with Gasteiger partial charge in [0.05, 0.1) is 5.02 Å². The van der Waals surface area contributed by atoms with Crippen molar-refractivity contribution in [2.75, 3.05) is 6.54 Å². The Morgan fingerprint density at radius 1 is 1.25 bits per heavy atom. The van der Waals surface area contributed by atoms with Gasteiger partial charge in [-0.1, -0.05) is 32.4 Å². The second kappa shape index (κ2) is 6.70. The number of hydrogen-bond acceptors (Lipinski definition) is 2. The maximum atomic E-state index is 13.1. The van der Waals surface area contributed by atoms with Crippen molar-refractivity contribution in [1.82, 2.24) is 5.32 Å². The van der Waals surface area contributed by atoms with Crippen LogP contribution in [-0.4, -0.2) is 6.54 Å². The Morgan fingerprint density at radius 2 is 2.00 bits per heavy atom. The quantitative estimate of drug-likeness (QED) is 0.767. The van der Waals surface area contributed by atoms with Gasteiger partial charge in [-0.05, 0) is 42.8 Å². The second-order valence-electron chi connectivity index (χ2n) is 5.11. The summed E-state index contributed by atoms with van der Waals surface area (Å²) in [4.78, 5) is 2.37. The third-order valence-electron chi connectivity index (χ3n) is 3.22. The van der Waals surface area contributed by atoms with Crippen LogP contribution >= 0.6 is 22.9 Å². The molecule has 1 atom stereocenters. The van der Waals surface area contributed by atoms with E-state index in [4.69, 9.17) is 11.6 Å². The van der Waals surface area contributed by atoms with Crippen molar-refractivity contribution in [3.63, 3.8) is 0 Å². The maximum Gasteiger partial charge on any atom is 0.124 e. The van der Waals surface area contributed by atoms with Gasteiger partial charge in [0.2, 0.25) is 0 Å². The first-order valence-corrected chi connectivity index (χ1v) is 8.01. The average molecular weight is 312 g/mol. The summed E-state index contributed by atoms with van der Waals surface area (Å²) in [6.07, 6.45) is 0. The first-order valence-electron chi connectivity index (χ1n) is 6.81. The highest BCUT2D eigenvalue weighted by Gasteiger charge is 2.17. The van der Waals surface area contributed by atoms with Crippen LogP contribution < -0.4 is 5.32 Å². The number of benzene rings is 1. The van der Waals surface area contributed by atoms with Gasteiger partial charge in [-0.15, -0.1) is 11.3 Å². The average Bonchev–Trinajstić information content (AvgIpc) is 2.84. The molecule has 1 heterocycles. The van der Waals surface area contributed by atoms with Crippen molar-refractivity contribution >= 4 is 22.9 Å². The Morgan fingerprint density at radius 3 is 2.60 bits per heavy atom. The molecule has 2 rings (SSSR count). The molecule has 1 unspecified atom stereocenters. The van der Waals surface area contributed by atoms with Crippen LogP contribution in [-0.2, 0) is 0 Å². The molecule has 20 heavy (non-hydrogen) atoms. The van der Waals surface area contributed by atoms with E-state index in [9.17, 15) is 4.39 Å². The summed E-state index contributed by atoms with van der Waals surface area (Å²) in [7, 11) is 0. The summed E-state index contributed by atoms with van der Waals surface area (Å²) in [6.45, 7) is 7.46. The number of halogens is 2. The lowest BCUT2D eigenvalue weighted by Crippen LogP contribution is -2.24. The zero-order valence-corrected chi connectivity index (χ0v) is 13.5. The first kappa shape index (κ1) is 15.5. The van der Waals surface area contributed by atoms with Crippen molar-refractivity contribution in [3.8, 4) is 10.4 Å². The molecule has 1 aromatic heterocycles.